The van der Waals surface area contributed by atoms with Crippen molar-refractivity contribution in [1.29, 1.82) is 0 Å². The Balaban J connectivity index is 2.28. The second-order valence-electron chi connectivity index (χ2n) is 3.91. The lowest BCUT2D eigenvalue weighted by molar-refractivity contribution is 0.446. The van der Waals surface area contributed by atoms with Gasteiger partial charge < -0.3 is 19.8 Å². The third-order valence-electron chi connectivity index (χ3n) is 2.69. The SMILES string of the molecule is Oc1ccc(-c2noc3ccc(O)cc23)c(O)c1. The van der Waals surface area contributed by atoms with E-state index in [2.05, 4.69) is 5.16 Å². The van der Waals surface area contributed by atoms with Crippen LogP contribution in [0, 0.1) is 0 Å². The van der Waals surface area contributed by atoms with Gasteiger partial charge in [-0.25, -0.2) is 0 Å². The number of phenolic OH excluding ortho intramolecular Hbond substituents is 3. The molecule has 5 heteroatoms. The monoisotopic (exact) mass is 243 g/mol. The van der Waals surface area contributed by atoms with Crippen molar-refractivity contribution in [3.8, 4) is 28.5 Å². The molecule has 18 heavy (non-hydrogen) atoms. The summed E-state index contributed by atoms with van der Waals surface area (Å²) in [6, 6.07) is 8.79. The van der Waals surface area contributed by atoms with Gasteiger partial charge in [0.05, 0.1) is 5.39 Å². The van der Waals surface area contributed by atoms with Crippen molar-refractivity contribution in [2.24, 2.45) is 0 Å². The predicted octanol–water partition coefficient (Wildman–Crippen LogP) is 2.61. The summed E-state index contributed by atoms with van der Waals surface area (Å²) in [6.07, 6.45) is 0. The number of hydrogen-bond donors (Lipinski definition) is 3. The maximum absolute atomic E-state index is 9.79. The highest BCUT2D eigenvalue weighted by Gasteiger charge is 2.14. The molecule has 0 aliphatic carbocycles. The van der Waals surface area contributed by atoms with Gasteiger partial charge in [0.1, 0.15) is 22.9 Å². The van der Waals surface area contributed by atoms with Gasteiger partial charge in [-0.3, -0.25) is 0 Å². The molecule has 3 rings (SSSR count). The van der Waals surface area contributed by atoms with E-state index in [0.717, 1.165) is 0 Å². The topological polar surface area (TPSA) is 86.7 Å². The summed E-state index contributed by atoms with van der Waals surface area (Å²) in [5.41, 5.74) is 1.35. The number of aromatic hydroxyl groups is 3. The number of aromatic nitrogens is 1. The first-order valence-electron chi connectivity index (χ1n) is 5.26. The third-order valence-corrected chi connectivity index (χ3v) is 2.69. The van der Waals surface area contributed by atoms with Crippen LogP contribution in [0.15, 0.2) is 40.9 Å². The number of hydrogen-bond acceptors (Lipinski definition) is 5. The molecule has 0 aliphatic rings. The summed E-state index contributed by atoms with van der Waals surface area (Å²) in [6.45, 7) is 0. The lowest BCUT2D eigenvalue weighted by Gasteiger charge is -2.01. The maximum Gasteiger partial charge on any atom is 0.167 e. The minimum atomic E-state index is -0.103. The van der Waals surface area contributed by atoms with E-state index in [-0.39, 0.29) is 17.2 Å². The number of fused-ring (bicyclic) bond motifs is 1. The van der Waals surface area contributed by atoms with Crippen molar-refractivity contribution in [2.45, 2.75) is 0 Å². The lowest BCUT2D eigenvalue weighted by Crippen LogP contribution is -1.80. The van der Waals surface area contributed by atoms with E-state index in [1.807, 2.05) is 0 Å². The number of rotatable bonds is 1. The van der Waals surface area contributed by atoms with E-state index in [4.69, 9.17) is 4.52 Å². The molecule has 0 fully saturated rings. The molecule has 0 atom stereocenters. The molecule has 0 saturated heterocycles. The number of benzene rings is 2. The van der Waals surface area contributed by atoms with E-state index in [1.165, 1.54) is 30.3 Å². The number of nitrogens with zero attached hydrogens (tertiary/aromatic N) is 1. The summed E-state index contributed by atoms with van der Waals surface area (Å²) in [4.78, 5) is 0. The molecular weight excluding hydrogens is 234 g/mol. The van der Waals surface area contributed by atoms with Gasteiger partial charge >= 0.3 is 0 Å². The molecule has 5 nitrogen and oxygen atoms in total. The van der Waals surface area contributed by atoms with Crippen LogP contribution in [0.25, 0.3) is 22.2 Å². The lowest BCUT2D eigenvalue weighted by atomic mass is 10.1. The maximum atomic E-state index is 9.79. The fourth-order valence-electron chi connectivity index (χ4n) is 1.84. The first kappa shape index (κ1) is 10.5. The van der Waals surface area contributed by atoms with E-state index < -0.39 is 0 Å². The first-order valence-corrected chi connectivity index (χ1v) is 5.26. The van der Waals surface area contributed by atoms with Gasteiger partial charge in [-0.1, -0.05) is 5.16 Å². The minimum Gasteiger partial charge on any atom is -0.508 e. The molecule has 2 aromatic carbocycles. The summed E-state index contributed by atoms with van der Waals surface area (Å²) >= 11 is 0. The van der Waals surface area contributed by atoms with Crippen LogP contribution >= 0.6 is 0 Å². The highest BCUT2D eigenvalue weighted by Crippen LogP contribution is 2.36. The molecule has 0 bridgehead atoms. The average Bonchev–Trinajstić information content (AvgIpc) is 2.72. The summed E-state index contributed by atoms with van der Waals surface area (Å²) < 4.78 is 5.11. The first-order chi connectivity index (χ1) is 8.65. The van der Waals surface area contributed by atoms with Gasteiger partial charge in [-0.2, -0.15) is 0 Å². The Morgan fingerprint density at radius 2 is 1.61 bits per heavy atom. The second-order valence-corrected chi connectivity index (χ2v) is 3.91. The van der Waals surface area contributed by atoms with Crippen LogP contribution < -0.4 is 0 Å². The van der Waals surface area contributed by atoms with Crippen molar-refractivity contribution in [3.05, 3.63) is 36.4 Å². The molecule has 0 unspecified atom stereocenters. The van der Waals surface area contributed by atoms with Crippen molar-refractivity contribution in [1.82, 2.24) is 5.16 Å². The molecule has 90 valence electrons. The standard InChI is InChI=1S/C13H9NO4/c15-7-2-4-12-10(5-7)13(14-18-12)9-3-1-8(16)6-11(9)17/h1-6,15-17H. The van der Waals surface area contributed by atoms with Crippen LogP contribution in [-0.4, -0.2) is 20.5 Å². The zero-order chi connectivity index (χ0) is 12.7. The summed E-state index contributed by atoms with van der Waals surface area (Å²) in [5.74, 6) is -0.0503. The van der Waals surface area contributed by atoms with E-state index >= 15 is 0 Å². The van der Waals surface area contributed by atoms with Crippen LogP contribution in [0.2, 0.25) is 0 Å². The van der Waals surface area contributed by atoms with Crippen LogP contribution in [0.4, 0.5) is 0 Å². The summed E-state index contributed by atoms with van der Waals surface area (Å²) in [7, 11) is 0. The quantitative estimate of drug-likeness (QED) is 0.611. The Bertz CT molecular complexity index is 733. The van der Waals surface area contributed by atoms with E-state index in [9.17, 15) is 15.3 Å². The smallest absolute Gasteiger partial charge is 0.167 e. The van der Waals surface area contributed by atoms with Crippen LogP contribution in [0.3, 0.4) is 0 Å². The van der Waals surface area contributed by atoms with E-state index in [1.54, 1.807) is 6.07 Å². The molecule has 0 spiro atoms. The molecule has 0 radical (unpaired) electrons. The van der Waals surface area contributed by atoms with Gasteiger partial charge in [0, 0.05) is 11.6 Å². The molecule has 1 heterocycles. The van der Waals surface area contributed by atoms with Crippen LogP contribution in [0.5, 0.6) is 17.2 Å². The Morgan fingerprint density at radius 3 is 2.39 bits per heavy atom. The fourth-order valence-corrected chi connectivity index (χ4v) is 1.84. The molecule has 0 aliphatic heterocycles. The minimum absolute atomic E-state index is 0.0353. The van der Waals surface area contributed by atoms with Crippen molar-refractivity contribution < 1.29 is 19.8 Å². The zero-order valence-electron chi connectivity index (χ0n) is 9.16. The predicted molar refractivity (Wildman–Crippen MR) is 64.4 cm³/mol. The van der Waals surface area contributed by atoms with Gasteiger partial charge in [0.2, 0.25) is 0 Å². The largest absolute Gasteiger partial charge is 0.508 e. The Hall–Kier alpha value is -2.69. The highest BCUT2D eigenvalue weighted by molar-refractivity contribution is 5.93. The highest BCUT2D eigenvalue weighted by atomic mass is 16.5. The van der Waals surface area contributed by atoms with Gasteiger partial charge in [-0.05, 0) is 30.3 Å². The van der Waals surface area contributed by atoms with Crippen molar-refractivity contribution in [2.75, 3.05) is 0 Å². The van der Waals surface area contributed by atoms with Crippen molar-refractivity contribution in [3.63, 3.8) is 0 Å². The Morgan fingerprint density at radius 1 is 0.889 bits per heavy atom. The molecule has 3 aromatic rings. The second kappa shape index (κ2) is 3.66. The summed E-state index contributed by atoms with van der Waals surface area (Å²) in [5, 5.41) is 33.0. The van der Waals surface area contributed by atoms with Crippen molar-refractivity contribution >= 4 is 11.0 Å². The molecule has 3 N–H and O–H groups in total. The third kappa shape index (κ3) is 1.53. The zero-order valence-corrected chi connectivity index (χ0v) is 9.16. The Kier molecular flexibility index (Phi) is 2.13. The average molecular weight is 243 g/mol. The van der Waals surface area contributed by atoms with Crippen LogP contribution in [0.1, 0.15) is 0 Å². The van der Waals surface area contributed by atoms with Crippen LogP contribution in [-0.2, 0) is 0 Å². The molecule has 1 aromatic heterocycles. The van der Waals surface area contributed by atoms with E-state index in [0.29, 0.717) is 22.2 Å². The van der Waals surface area contributed by atoms with Gasteiger partial charge in [-0.15, -0.1) is 0 Å². The van der Waals surface area contributed by atoms with Gasteiger partial charge in [0.15, 0.2) is 5.58 Å². The molecular formula is C13H9NO4. The Labute approximate surface area is 102 Å². The fraction of sp³-hybridized carbons (Fsp3) is 0. The number of phenols is 3. The molecule has 0 amide bonds. The molecule has 0 saturated carbocycles. The normalized spacial score (nSPS) is 10.9. The van der Waals surface area contributed by atoms with Gasteiger partial charge in [0.25, 0.3) is 0 Å².